The smallest absolute Gasteiger partial charge is 0.240 e. The van der Waals surface area contributed by atoms with Gasteiger partial charge in [-0.25, -0.2) is 0 Å². The van der Waals surface area contributed by atoms with E-state index in [2.05, 4.69) is 27.8 Å². The molecule has 1 aromatic carbocycles. The number of hydrogen-bond donors (Lipinski definition) is 4. The highest BCUT2D eigenvalue weighted by Crippen LogP contribution is 2.31. The molecule has 34 heavy (non-hydrogen) atoms. The Labute approximate surface area is 208 Å². The summed E-state index contributed by atoms with van der Waals surface area (Å²) in [6.07, 6.45) is 4.85. The van der Waals surface area contributed by atoms with Gasteiger partial charge in [-0.1, -0.05) is 30.7 Å². The maximum absolute atomic E-state index is 13.7. The average molecular weight is 487 g/mol. The van der Waals surface area contributed by atoms with Gasteiger partial charge in [0.25, 0.3) is 0 Å². The first-order valence-corrected chi connectivity index (χ1v) is 13.1. The van der Waals surface area contributed by atoms with Crippen LogP contribution in [0.4, 0.5) is 0 Å². The Kier molecular flexibility index (Phi) is 8.51. The molecule has 2 saturated heterocycles. The van der Waals surface area contributed by atoms with E-state index in [1.165, 1.54) is 5.70 Å². The fourth-order valence-corrected chi connectivity index (χ4v) is 5.59. The lowest BCUT2D eigenvalue weighted by atomic mass is 10.00. The van der Waals surface area contributed by atoms with Crippen molar-refractivity contribution in [1.29, 1.82) is 5.41 Å². The van der Waals surface area contributed by atoms with Crippen molar-refractivity contribution in [1.82, 2.24) is 25.8 Å². The standard InChI is InChI=1S/C26H39ClN6O/c1-18-3-8-22(29-2)24(18)25(28)32-13-15-33(16-14-32)26(34)23(31-21-9-11-30-12-10-21)17-19-4-6-20(27)7-5-19/h4-7,18,21,23,28-31H,3,8-17H2,1-2H3/t18-,23-/m1/s1. The third-order valence-corrected chi connectivity index (χ3v) is 7.79. The third kappa shape index (κ3) is 5.93. The monoisotopic (exact) mass is 486 g/mol. The number of carbonyl (C=O) groups is 1. The van der Waals surface area contributed by atoms with Crippen molar-refractivity contribution in [3.05, 3.63) is 46.1 Å². The molecule has 7 nitrogen and oxygen atoms in total. The van der Waals surface area contributed by atoms with Crippen LogP contribution in [0.5, 0.6) is 0 Å². The van der Waals surface area contributed by atoms with Gasteiger partial charge in [-0.15, -0.1) is 0 Å². The third-order valence-electron chi connectivity index (χ3n) is 7.54. The van der Waals surface area contributed by atoms with E-state index in [0.29, 0.717) is 55.4 Å². The SMILES string of the molecule is CNC1=C(C(=N)N2CCN(C(=O)[C@@H](Cc3ccc(Cl)cc3)NC3CCNCC3)CC2)[C@H](C)CC1. The first-order valence-electron chi connectivity index (χ1n) is 12.7. The number of nitrogens with one attached hydrogen (secondary N) is 4. The molecule has 0 unspecified atom stereocenters. The van der Waals surface area contributed by atoms with Gasteiger partial charge in [0, 0.05) is 55.6 Å². The molecule has 3 aliphatic rings. The zero-order valence-corrected chi connectivity index (χ0v) is 21.3. The summed E-state index contributed by atoms with van der Waals surface area (Å²) in [6.45, 7) is 6.91. The number of piperazine rings is 1. The summed E-state index contributed by atoms with van der Waals surface area (Å²) in [6, 6.07) is 7.93. The van der Waals surface area contributed by atoms with E-state index in [0.717, 1.165) is 49.9 Å². The summed E-state index contributed by atoms with van der Waals surface area (Å²) in [5, 5.41) is 19.9. The lowest BCUT2D eigenvalue weighted by Gasteiger charge is -2.39. The van der Waals surface area contributed by atoms with Crippen molar-refractivity contribution in [2.24, 2.45) is 5.92 Å². The minimum atomic E-state index is -0.247. The van der Waals surface area contributed by atoms with E-state index < -0.39 is 0 Å². The molecule has 0 radical (unpaired) electrons. The van der Waals surface area contributed by atoms with Crippen LogP contribution < -0.4 is 16.0 Å². The number of piperidine rings is 1. The van der Waals surface area contributed by atoms with Crippen molar-refractivity contribution in [2.45, 2.75) is 51.1 Å². The van der Waals surface area contributed by atoms with Gasteiger partial charge in [0.15, 0.2) is 0 Å². The highest BCUT2D eigenvalue weighted by molar-refractivity contribution is 6.30. The predicted molar refractivity (Wildman–Crippen MR) is 138 cm³/mol. The zero-order chi connectivity index (χ0) is 24.1. The minimum absolute atomic E-state index is 0.170. The molecule has 4 rings (SSSR count). The van der Waals surface area contributed by atoms with Crippen LogP contribution in [0.2, 0.25) is 5.02 Å². The minimum Gasteiger partial charge on any atom is -0.391 e. The van der Waals surface area contributed by atoms with Crippen molar-refractivity contribution in [2.75, 3.05) is 46.3 Å². The van der Waals surface area contributed by atoms with E-state index in [9.17, 15) is 4.79 Å². The molecule has 2 aliphatic heterocycles. The highest BCUT2D eigenvalue weighted by Gasteiger charge is 2.33. The van der Waals surface area contributed by atoms with Gasteiger partial charge in [0.05, 0.1) is 6.04 Å². The second kappa shape index (κ2) is 11.6. The van der Waals surface area contributed by atoms with E-state index in [1.807, 2.05) is 36.2 Å². The number of rotatable bonds is 7. The zero-order valence-electron chi connectivity index (χ0n) is 20.5. The lowest BCUT2D eigenvalue weighted by molar-refractivity contribution is -0.135. The Bertz CT molecular complexity index is 887. The quantitative estimate of drug-likeness (QED) is 0.352. The molecule has 2 fully saturated rings. The summed E-state index contributed by atoms with van der Waals surface area (Å²) < 4.78 is 0. The van der Waals surface area contributed by atoms with Crippen LogP contribution in [0.25, 0.3) is 0 Å². The molecule has 1 amide bonds. The van der Waals surface area contributed by atoms with E-state index in [1.54, 1.807) is 0 Å². The van der Waals surface area contributed by atoms with Crippen molar-refractivity contribution in [3.63, 3.8) is 0 Å². The summed E-state index contributed by atoms with van der Waals surface area (Å²) in [4.78, 5) is 17.8. The number of amidine groups is 1. The number of halogens is 1. The van der Waals surface area contributed by atoms with Gasteiger partial charge in [0.1, 0.15) is 5.84 Å². The normalized spacial score (nSPS) is 22.7. The van der Waals surface area contributed by atoms with Crippen LogP contribution in [-0.2, 0) is 11.2 Å². The maximum atomic E-state index is 13.7. The lowest BCUT2D eigenvalue weighted by Crippen LogP contribution is -2.57. The van der Waals surface area contributed by atoms with Crippen molar-refractivity contribution < 1.29 is 4.79 Å². The molecule has 186 valence electrons. The van der Waals surface area contributed by atoms with Crippen LogP contribution in [0.15, 0.2) is 35.5 Å². The van der Waals surface area contributed by atoms with Gasteiger partial charge in [-0.05, 0) is 68.8 Å². The van der Waals surface area contributed by atoms with Gasteiger partial charge >= 0.3 is 0 Å². The van der Waals surface area contributed by atoms with Crippen molar-refractivity contribution >= 4 is 23.3 Å². The molecule has 2 atom stereocenters. The van der Waals surface area contributed by atoms with Crippen LogP contribution in [-0.4, -0.2) is 79.9 Å². The summed E-state index contributed by atoms with van der Waals surface area (Å²) in [5.74, 6) is 1.21. The Morgan fingerprint density at radius 3 is 2.41 bits per heavy atom. The number of benzene rings is 1. The number of amides is 1. The number of carbonyl (C=O) groups excluding carboxylic acids is 1. The summed E-state index contributed by atoms with van der Waals surface area (Å²) >= 11 is 6.07. The molecule has 4 N–H and O–H groups in total. The fourth-order valence-electron chi connectivity index (χ4n) is 5.46. The van der Waals surface area contributed by atoms with Crippen molar-refractivity contribution in [3.8, 4) is 0 Å². The molecule has 1 aromatic rings. The molecule has 1 aliphatic carbocycles. The summed E-state index contributed by atoms with van der Waals surface area (Å²) in [5.41, 5.74) is 3.46. The Hall–Kier alpha value is -2.09. The van der Waals surface area contributed by atoms with E-state index in [4.69, 9.17) is 17.0 Å². The molecule has 0 bridgehead atoms. The van der Waals surface area contributed by atoms with E-state index >= 15 is 0 Å². The van der Waals surface area contributed by atoms with Crippen LogP contribution in [0.1, 0.15) is 38.2 Å². The van der Waals surface area contributed by atoms with Gasteiger partial charge < -0.3 is 25.8 Å². The maximum Gasteiger partial charge on any atom is 0.240 e. The molecule has 0 spiro atoms. The molecular weight excluding hydrogens is 448 g/mol. The molecule has 0 saturated carbocycles. The second-order valence-electron chi connectivity index (χ2n) is 9.82. The van der Waals surface area contributed by atoms with Gasteiger partial charge in [-0.2, -0.15) is 0 Å². The van der Waals surface area contributed by atoms with Crippen LogP contribution in [0, 0.1) is 11.3 Å². The largest absolute Gasteiger partial charge is 0.391 e. The Morgan fingerprint density at radius 1 is 1.12 bits per heavy atom. The first kappa shape index (κ1) is 25.0. The second-order valence-corrected chi connectivity index (χ2v) is 10.3. The molecule has 0 aromatic heterocycles. The highest BCUT2D eigenvalue weighted by atomic mass is 35.5. The Balaban J connectivity index is 1.40. The Morgan fingerprint density at radius 2 is 1.76 bits per heavy atom. The fraction of sp³-hybridized carbons (Fsp3) is 0.615. The van der Waals surface area contributed by atoms with Gasteiger partial charge in [-0.3, -0.25) is 10.2 Å². The van der Waals surface area contributed by atoms with Crippen LogP contribution >= 0.6 is 11.6 Å². The topological polar surface area (TPSA) is 83.5 Å². The molecule has 8 heteroatoms. The molecule has 2 heterocycles. The van der Waals surface area contributed by atoms with E-state index in [-0.39, 0.29) is 11.9 Å². The first-order chi connectivity index (χ1) is 16.5. The molecular formula is C26H39ClN6O. The number of allylic oxidation sites excluding steroid dienone is 1. The predicted octanol–water partition coefficient (Wildman–Crippen LogP) is 2.62. The van der Waals surface area contributed by atoms with Gasteiger partial charge in [0.2, 0.25) is 5.91 Å². The number of nitrogens with zero attached hydrogens (tertiary/aromatic N) is 2. The number of hydrogen-bond acceptors (Lipinski definition) is 5. The summed E-state index contributed by atoms with van der Waals surface area (Å²) in [7, 11) is 1.95. The average Bonchev–Trinajstić information content (AvgIpc) is 3.25. The van der Waals surface area contributed by atoms with Crippen LogP contribution in [0.3, 0.4) is 0 Å².